The van der Waals surface area contributed by atoms with E-state index in [4.69, 9.17) is 4.98 Å². The number of aromatic nitrogens is 6. The van der Waals surface area contributed by atoms with Gasteiger partial charge in [0, 0.05) is 56.6 Å². The summed E-state index contributed by atoms with van der Waals surface area (Å²) in [4.78, 5) is 23.4. The molecule has 1 aliphatic heterocycles. The number of nitrogens with zero attached hydrogens (tertiary/aromatic N) is 8. The Morgan fingerprint density at radius 3 is 2.64 bits per heavy atom. The van der Waals surface area contributed by atoms with Gasteiger partial charge in [-0.1, -0.05) is 18.2 Å². The van der Waals surface area contributed by atoms with Crippen LogP contribution in [-0.4, -0.2) is 67.8 Å². The molecule has 1 fully saturated rings. The lowest BCUT2D eigenvalue weighted by molar-refractivity contribution is 0.312. The van der Waals surface area contributed by atoms with Gasteiger partial charge < -0.3 is 15.1 Å². The highest BCUT2D eigenvalue weighted by Gasteiger charge is 2.22. The number of piperazine rings is 1. The van der Waals surface area contributed by atoms with E-state index < -0.39 is 0 Å². The topological polar surface area (TPSA) is 87.9 Å². The van der Waals surface area contributed by atoms with E-state index in [0.29, 0.717) is 5.82 Å². The first-order chi connectivity index (χ1) is 17.6. The number of aryl methyl sites for hydroxylation is 1. The lowest BCUT2D eigenvalue weighted by Gasteiger charge is -2.34. The van der Waals surface area contributed by atoms with Crippen LogP contribution in [0.2, 0.25) is 0 Å². The maximum atomic E-state index is 5.27. The molecular weight excluding hydrogens is 450 g/mol. The van der Waals surface area contributed by atoms with Crippen molar-refractivity contribution >= 4 is 33.4 Å². The van der Waals surface area contributed by atoms with Crippen molar-refractivity contribution in [1.82, 2.24) is 34.6 Å². The molecule has 9 nitrogen and oxygen atoms in total. The predicted octanol–water partition coefficient (Wildman–Crippen LogP) is 3.90. The van der Waals surface area contributed by atoms with Gasteiger partial charge in [-0.2, -0.15) is 5.10 Å². The molecule has 0 amide bonds. The Morgan fingerprint density at radius 1 is 0.972 bits per heavy atom. The third-order valence-electron chi connectivity index (χ3n) is 6.87. The highest BCUT2D eigenvalue weighted by Crippen LogP contribution is 2.37. The van der Waals surface area contributed by atoms with Gasteiger partial charge in [0.1, 0.15) is 17.7 Å². The predicted molar refractivity (Wildman–Crippen MR) is 143 cm³/mol. The highest BCUT2D eigenvalue weighted by atomic mass is 15.3. The maximum Gasteiger partial charge on any atom is 0.156 e. The van der Waals surface area contributed by atoms with Crippen LogP contribution in [0.25, 0.3) is 32.9 Å². The molecule has 1 atom stereocenters. The van der Waals surface area contributed by atoms with E-state index in [9.17, 15) is 0 Å². The molecule has 36 heavy (non-hydrogen) atoms. The van der Waals surface area contributed by atoms with Crippen LogP contribution in [0.15, 0.2) is 61.3 Å². The van der Waals surface area contributed by atoms with Crippen LogP contribution in [0.1, 0.15) is 18.7 Å². The zero-order valence-electron chi connectivity index (χ0n) is 20.8. The van der Waals surface area contributed by atoms with E-state index >= 15 is 0 Å². The minimum absolute atomic E-state index is 0.0808. The molecular formula is C27H29N9. The van der Waals surface area contributed by atoms with E-state index in [0.717, 1.165) is 65.2 Å². The van der Waals surface area contributed by atoms with Crippen LogP contribution >= 0.6 is 0 Å². The van der Waals surface area contributed by atoms with Crippen molar-refractivity contribution in [2.24, 2.45) is 7.05 Å². The molecule has 4 aromatic heterocycles. The number of hydrogen-bond donors (Lipinski definition) is 1. The standard InChI is InChI=1S/C27H29N9/c1-18(32-26-25-22(29-17-30-26)8-5-9-28-25)23-14-19-6-4-7-21(20-15-31-35(3)16-20)24(19)27(33-23)36-12-10-34(2)11-13-36/h4-9,14-18H,10-13H2,1-3H3,(H,29,30,32)/t18-/m0/s1. The number of nitrogens with one attached hydrogen (secondary N) is 1. The lowest BCUT2D eigenvalue weighted by atomic mass is 9.99. The van der Waals surface area contributed by atoms with Gasteiger partial charge in [0.15, 0.2) is 5.82 Å². The summed E-state index contributed by atoms with van der Waals surface area (Å²) in [6.07, 6.45) is 7.33. The lowest BCUT2D eigenvalue weighted by Crippen LogP contribution is -2.45. The molecule has 9 heteroatoms. The third kappa shape index (κ3) is 4.11. The van der Waals surface area contributed by atoms with E-state index in [1.54, 1.807) is 12.5 Å². The molecule has 0 bridgehead atoms. The van der Waals surface area contributed by atoms with Gasteiger partial charge in [-0.3, -0.25) is 9.67 Å². The molecule has 6 rings (SSSR count). The second-order valence-electron chi connectivity index (χ2n) is 9.43. The van der Waals surface area contributed by atoms with Crippen molar-refractivity contribution in [2.45, 2.75) is 13.0 Å². The molecule has 1 aliphatic rings. The summed E-state index contributed by atoms with van der Waals surface area (Å²) >= 11 is 0. The highest BCUT2D eigenvalue weighted by molar-refractivity contribution is 6.04. The number of hydrogen-bond acceptors (Lipinski definition) is 8. The molecule has 0 aliphatic carbocycles. The average Bonchev–Trinajstić information content (AvgIpc) is 3.34. The van der Waals surface area contributed by atoms with E-state index in [1.807, 2.05) is 30.1 Å². The quantitative estimate of drug-likeness (QED) is 0.406. The first kappa shape index (κ1) is 22.4. The molecule has 5 aromatic rings. The normalized spacial score (nSPS) is 15.5. The number of likely N-dealkylation sites (N-methyl/N-ethyl adjacent to an activating group) is 1. The molecule has 1 N–H and O–H groups in total. The summed E-state index contributed by atoms with van der Waals surface area (Å²) in [6, 6.07) is 12.4. The van der Waals surface area contributed by atoms with Gasteiger partial charge in [0.05, 0.1) is 23.4 Å². The average molecular weight is 480 g/mol. The summed E-state index contributed by atoms with van der Waals surface area (Å²) < 4.78 is 1.84. The fourth-order valence-electron chi connectivity index (χ4n) is 4.86. The molecule has 5 heterocycles. The first-order valence-electron chi connectivity index (χ1n) is 12.3. The van der Waals surface area contributed by atoms with Crippen molar-refractivity contribution in [3.63, 3.8) is 0 Å². The van der Waals surface area contributed by atoms with Crippen molar-refractivity contribution < 1.29 is 0 Å². The second-order valence-corrected chi connectivity index (χ2v) is 9.43. The van der Waals surface area contributed by atoms with Crippen molar-refractivity contribution in [2.75, 3.05) is 43.4 Å². The number of fused-ring (bicyclic) bond motifs is 2. The van der Waals surface area contributed by atoms with Crippen molar-refractivity contribution in [3.05, 3.63) is 67.0 Å². The Labute approximate surface area is 209 Å². The largest absolute Gasteiger partial charge is 0.360 e. The Bertz CT molecular complexity index is 1530. The second kappa shape index (κ2) is 9.16. The minimum Gasteiger partial charge on any atom is -0.360 e. The molecule has 0 spiro atoms. The number of benzene rings is 1. The third-order valence-corrected chi connectivity index (χ3v) is 6.87. The summed E-state index contributed by atoms with van der Waals surface area (Å²) in [6.45, 7) is 6.00. The van der Waals surface area contributed by atoms with Gasteiger partial charge in [0.25, 0.3) is 0 Å². The number of pyridine rings is 2. The fourth-order valence-corrected chi connectivity index (χ4v) is 4.86. The Morgan fingerprint density at radius 2 is 1.83 bits per heavy atom. The van der Waals surface area contributed by atoms with Gasteiger partial charge in [0.2, 0.25) is 0 Å². The van der Waals surface area contributed by atoms with Crippen LogP contribution in [0.5, 0.6) is 0 Å². The Kier molecular flexibility index (Phi) is 5.69. The number of anilines is 2. The van der Waals surface area contributed by atoms with Crippen LogP contribution in [0.3, 0.4) is 0 Å². The van der Waals surface area contributed by atoms with Crippen molar-refractivity contribution in [1.29, 1.82) is 0 Å². The van der Waals surface area contributed by atoms with Crippen LogP contribution in [-0.2, 0) is 7.05 Å². The van der Waals surface area contributed by atoms with E-state index in [1.165, 1.54) is 5.39 Å². The minimum atomic E-state index is -0.0808. The SMILES string of the molecule is C[C@H](Nc1ncnc2cccnc12)c1cc2cccc(-c3cnn(C)c3)c2c(N2CCN(C)CC2)n1. The van der Waals surface area contributed by atoms with Crippen molar-refractivity contribution in [3.8, 4) is 11.1 Å². The van der Waals surface area contributed by atoms with Gasteiger partial charge >= 0.3 is 0 Å². The van der Waals surface area contributed by atoms with E-state index in [-0.39, 0.29) is 6.04 Å². The first-order valence-corrected chi connectivity index (χ1v) is 12.3. The molecule has 1 saturated heterocycles. The van der Waals surface area contributed by atoms with Crippen LogP contribution in [0, 0.1) is 0 Å². The van der Waals surface area contributed by atoms with Gasteiger partial charge in [-0.05, 0) is 43.1 Å². The zero-order chi connectivity index (χ0) is 24.6. The monoisotopic (exact) mass is 479 g/mol. The summed E-state index contributed by atoms with van der Waals surface area (Å²) in [7, 11) is 4.12. The molecule has 182 valence electrons. The van der Waals surface area contributed by atoms with Gasteiger partial charge in [-0.15, -0.1) is 0 Å². The summed E-state index contributed by atoms with van der Waals surface area (Å²) in [5.41, 5.74) is 4.78. The summed E-state index contributed by atoms with van der Waals surface area (Å²) in [5, 5.41) is 10.3. The van der Waals surface area contributed by atoms with Crippen LogP contribution < -0.4 is 10.2 Å². The Hall–Kier alpha value is -4.11. The molecule has 0 saturated carbocycles. The molecule has 0 radical (unpaired) electrons. The number of rotatable bonds is 5. The molecule has 1 aromatic carbocycles. The van der Waals surface area contributed by atoms with Gasteiger partial charge in [-0.25, -0.2) is 15.0 Å². The molecule has 0 unspecified atom stereocenters. The fraction of sp³-hybridized carbons (Fsp3) is 0.296. The smallest absolute Gasteiger partial charge is 0.156 e. The summed E-state index contributed by atoms with van der Waals surface area (Å²) in [5.74, 6) is 1.73. The maximum absolute atomic E-state index is 5.27. The Balaban J connectivity index is 1.46. The van der Waals surface area contributed by atoms with Crippen LogP contribution in [0.4, 0.5) is 11.6 Å². The van der Waals surface area contributed by atoms with E-state index in [2.05, 4.69) is 79.6 Å². The zero-order valence-corrected chi connectivity index (χ0v) is 20.8.